The maximum absolute atomic E-state index is 12.7. The van der Waals surface area contributed by atoms with Crippen LogP contribution in [0, 0.1) is 5.92 Å². The Labute approximate surface area is 262 Å². The zero-order valence-electron chi connectivity index (χ0n) is 25.5. The molecule has 0 aromatic carbocycles. The number of hydrogen-bond acceptors (Lipinski definition) is 17. The van der Waals surface area contributed by atoms with Gasteiger partial charge in [0.2, 0.25) is 5.91 Å². The molecule has 262 valence electrons. The van der Waals surface area contributed by atoms with E-state index in [0.717, 1.165) is 0 Å². The number of rotatable bonds is 13. The highest BCUT2D eigenvalue weighted by Gasteiger charge is 2.53. The van der Waals surface area contributed by atoms with Crippen molar-refractivity contribution in [1.82, 2.24) is 5.06 Å². The Balaban J connectivity index is 1.53. The zero-order valence-corrected chi connectivity index (χ0v) is 25.5. The summed E-state index contributed by atoms with van der Waals surface area (Å²) >= 11 is 0. The Bertz CT molecular complexity index is 930. The Kier molecular flexibility index (Phi) is 13.7. The van der Waals surface area contributed by atoms with Crippen LogP contribution in [0.5, 0.6) is 0 Å². The Morgan fingerprint density at radius 3 is 1.84 bits per heavy atom. The Morgan fingerprint density at radius 2 is 1.31 bits per heavy atom. The van der Waals surface area contributed by atoms with Gasteiger partial charge in [0.05, 0.1) is 43.5 Å². The van der Waals surface area contributed by atoms with Crippen molar-refractivity contribution in [2.24, 2.45) is 40.3 Å². The maximum atomic E-state index is 12.7. The zero-order chi connectivity index (χ0) is 32.8. The van der Waals surface area contributed by atoms with E-state index >= 15 is 0 Å². The van der Waals surface area contributed by atoms with E-state index in [-0.39, 0.29) is 51.2 Å². The second-order valence-corrected chi connectivity index (χ2v) is 12.4. The van der Waals surface area contributed by atoms with Crippen LogP contribution in [-0.4, -0.2) is 150 Å². The Morgan fingerprint density at radius 1 is 0.756 bits per heavy atom. The highest BCUT2D eigenvalue weighted by molar-refractivity contribution is 5.75. The van der Waals surface area contributed by atoms with Crippen LogP contribution < -0.4 is 34.4 Å². The van der Waals surface area contributed by atoms with Crippen LogP contribution in [0.1, 0.15) is 38.5 Å². The molecule has 0 radical (unpaired) electrons. The highest BCUT2D eigenvalue weighted by atomic mass is 16.8. The third-order valence-electron chi connectivity index (χ3n) is 9.07. The molecule has 3 heterocycles. The highest BCUT2D eigenvalue weighted by Crippen LogP contribution is 2.37. The van der Waals surface area contributed by atoms with Crippen molar-refractivity contribution >= 4 is 5.91 Å². The minimum Gasteiger partial charge on any atom is -0.394 e. The first-order chi connectivity index (χ1) is 21.5. The first kappa shape index (κ1) is 36.7. The molecule has 18 nitrogen and oxygen atoms in total. The third kappa shape index (κ3) is 8.85. The van der Waals surface area contributed by atoms with Gasteiger partial charge >= 0.3 is 0 Å². The molecule has 4 rings (SSSR count). The van der Waals surface area contributed by atoms with Crippen LogP contribution in [0.3, 0.4) is 0 Å². The molecule has 1 amide bonds. The summed E-state index contributed by atoms with van der Waals surface area (Å²) in [7, 11) is 0. The number of carbonyl (C=O) groups is 1. The molecule has 18 heteroatoms. The maximum Gasteiger partial charge on any atom is 0.246 e. The monoisotopic (exact) mass is 651 g/mol. The number of aliphatic hydroxyl groups is 3. The molecular formula is C27H53N7O11. The number of aliphatic hydroxyl groups excluding tert-OH is 3. The van der Waals surface area contributed by atoms with E-state index in [9.17, 15) is 25.3 Å². The quantitative estimate of drug-likeness (QED) is 0.0658. The SMILES string of the molecule is NCCN(O)C(=O)C[C@@H]1C[C@H](N)[C@@H](O[C@H]2O[C@H](CN)CC[C@H]2N)[C@H](O[C@@H]2O[C@H](CO)[C@@H](O[C@H]3O[C@@H](CN)CC[C@H]3N)[C@H]2O)[C@H]1O. The van der Waals surface area contributed by atoms with Crippen LogP contribution in [0.4, 0.5) is 0 Å². The second kappa shape index (κ2) is 16.8. The molecule has 3 aliphatic heterocycles. The van der Waals surface area contributed by atoms with Crippen molar-refractivity contribution in [3.8, 4) is 0 Å². The lowest BCUT2D eigenvalue weighted by molar-refractivity contribution is -0.291. The molecule has 1 aliphatic carbocycles. The molecule has 4 aliphatic rings. The van der Waals surface area contributed by atoms with Crippen LogP contribution in [0.25, 0.3) is 0 Å². The molecule has 15 atom stereocenters. The van der Waals surface area contributed by atoms with E-state index < -0.39 is 92.1 Å². The largest absolute Gasteiger partial charge is 0.394 e. The summed E-state index contributed by atoms with van der Waals surface area (Å²) in [5, 5.41) is 43.5. The molecule has 0 aromatic heterocycles. The summed E-state index contributed by atoms with van der Waals surface area (Å²) in [6, 6.07) is -1.82. The van der Waals surface area contributed by atoms with Crippen LogP contribution in [0.15, 0.2) is 0 Å². The third-order valence-corrected chi connectivity index (χ3v) is 9.07. The molecule has 3 saturated heterocycles. The van der Waals surface area contributed by atoms with Crippen molar-refractivity contribution < 1.29 is 53.7 Å². The minimum atomic E-state index is -1.46. The van der Waals surface area contributed by atoms with E-state index in [1.165, 1.54) is 0 Å². The van der Waals surface area contributed by atoms with Gasteiger partial charge in [-0.15, -0.1) is 0 Å². The topological polar surface area (TPSA) is 313 Å². The lowest BCUT2D eigenvalue weighted by atomic mass is 9.77. The number of amides is 1. The van der Waals surface area contributed by atoms with E-state index in [0.29, 0.717) is 30.7 Å². The molecule has 16 N–H and O–H groups in total. The van der Waals surface area contributed by atoms with Gasteiger partial charge in [-0.3, -0.25) is 10.0 Å². The summed E-state index contributed by atoms with van der Waals surface area (Å²) in [4.78, 5) is 12.7. The molecule has 0 aromatic rings. The molecule has 0 unspecified atom stereocenters. The lowest BCUT2D eigenvalue weighted by Crippen LogP contribution is -2.63. The van der Waals surface area contributed by atoms with E-state index in [1.807, 2.05) is 0 Å². The number of ether oxygens (including phenoxy) is 6. The van der Waals surface area contributed by atoms with E-state index in [1.54, 1.807) is 0 Å². The molecule has 0 spiro atoms. The van der Waals surface area contributed by atoms with Gasteiger partial charge in [-0.1, -0.05) is 0 Å². The van der Waals surface area contributed by atoms with Crippen molar-refractivity contribution in [3.63, 3.8) is 0 Å². The number of hydrogen-bond donors (Lipinski definition) is 10. The van der Waals surface area contributed by atoms with Gasteiger partial charge in [0.25, 0.3) is 0 Å². The average Bonchev–Trinajstić information content (AvgIpc) is 3.32. The molecular weight excluding hydrogens is 598 g/mol. The van der Waals surface area contributed by atoms with E-state index in [2.05, 4.69) is 0 Å². The van der Waals surface area contributed by atoms with Gasteiger partial charge in [0.1, 0.15) is 30.5 Å². The molecule has 0 bridgehead atoms. The standard InChI is InChI=1S/C27H53N7O11/c28-5-6-34(39)19(36)8-12-7-17(33)22(43-25-15(31)3-1-13(9-29)40-25)24(20(12)37)45-27-21(38)23(18(11-35)42-27)44-26-16(32)4-2-14(10-30)41-26/h12-18,20-27,35,37-39H,1-11,28-33H2/t12-,13-,14+,15+,16+,17-,18+,20-,21+,22+,23+,24+,25+,26+,27-/m0/s1. The van der Waals surface area contributed by atoms with Crippen molar-refractivity contribution in [2.45, 2.75) is 124 Å². The van der Waals surface area contributed by atoms with Crippen LogP contribution >= 0.6 is 0 Å². The first-order valence-corrected chi connectivity index (χ1v) is 15.8. The lowest BCUT2D eigenvalue weighted by Gasteiger charge is -2.46. The summed E-state index contributed by atoms with van der Waals surface area (Å²) in [5.41, 5.74) is 36.1. The molecule has 1 saturated carbocycles. The second-order valence-electron chi connectivity index (χ2n) is 12.4. The molecule has 4 fully saturated rings. The fraction of sp³-hybridized carbons (Fsp3) is 0.963. The van der Waals surface area contributed by atoms with Crippen molar-refractivity contribution in [2.75, 3.05) is 32.8 Å². The van der Waals surface area contributed by atoms with Crippen molar-refractivity contribution in [3.05, 3.63) is 0 Å². The van der Waals surface area contributed by atoms with Gasteiger partial charge in [-0.2, -0.15) is 0 Å². The fourth-order valence-corrected chi connectivity index (χ4v) is 6.40. The average molecular weight is 652 g/mol. The Hall–Kier alpha value is -1.17. The van der Waals surface area contributed by atoms with Gasteiger partial charge in [0.15, 0.2) is 18.9 Å². The number of nitrogens with zero attached hydrogens (tertiary/aromatic N) is 1. The minimum absolute atomic E-state index is 0.0396. The summed E-state index contributed by atoms with van der Waals surface area (Å²) in [5.74, 6) is -1.44. The number of carbonyl (C=O) groups excluding carboxylic acids is 1. The number of nitrogens with two attached hydrogens (primary N) is 6. The predicted molar refractivity (Wildman–Crippen MR) is 155 cm³/mol. The summed E-state index contributed by atoms with van der Waals surface area (Å²) in [6.45, 7) is -0.0742. The first-order valence-electron chi connectivity index (χ1n) is 15.8. The fourth-order valence-electron chi connectivity index (χ4n) is 6.40. The molecule has 45 heavy (non-hydrogen) atoms. The number of hydroxylamine groups is 2. The van der Waals surface area contributed by atoms with Crippen LogP contribution in [0.2, 0.25) is 0 Å². The summed E-state index contributed by atoms with van der Waals surface area (Å²) < 4.78 is 36.1. The van der Waals surface area contributed by atoms with Gasteiger partial charge in [0, 0.05) is 32.1 Å². The van der Waals surface area contributed by atoms with Crippen molar-refractivity contribution in [1.29, 1.82) is 0 Å². The normalized spacial score (nSPS) is 44.2. The smallest absolute Gasteiger partial charge is 0.246 e. The van der Waals surface area contributed by atoms with Crippen LogP contribution in [-0.2, 0) is 33.2 Å². The van der Waals surface area contributed by atoms with E-state index in [4.69, 9.17) is 62.8 Å². The van der Waals surface area contributed by atoms with Gasteiger partial charge in [-0.25, -0.2) is 5.06 Å². The van der Waals surface area contributed by atoms with Gasteiger partial charge < -0.3 is 78.1 Å². The predicted octanol–water partition coefficient (Wildman–Crippen LogP) is -4.92. The van der Waals surface area contributed by atoms with Gasteiger partial charge in [-0.05, 0) is 38.0 Å². The summed E-state index contributed by atoms with van der Waals surface area (Å²) in [6.07, 6.45) is -8.82.